The fourth-order valence-electron chi connectivity index (χ4n) is 6.17. The smallest absolute Gasteiger partial charge is 0.265 e. The summed E-state index contributed by atoms with van der Waals surface area (Å²) in [6.07, 6.45) is 7.25. The van der Waals surface area contributed by atoms with Crippen molar-refractivity contribution >= 4 is 57.2 Å². The van der Waals surface area contributed by atoms with Gasteiger partial charge in [-0.2, -0.15) is 5.10 Å². The number of carbonyl (C=O) groups excluding carboxylic acids is 3. The quantitative estimate of drug-likeness (QED) is 0.358. The Morgan fingerprint density at radius 2 is 1.80 bits per heavy atom. The van der Waals surface area contributed by atoms with Crippen LogP contribution in [0.15, 0.2) is 30.6 Å². The minimum atomic E-state index is -0.171. The van der Waals surface area contributed by atoms with Crippen molar-refractivity contribution in [2.75, 3.05) is 77.1 Å². The van der Waals surface area contributed by atoms with Crippen molar-refractivity contribution in [3.8, 4) is 5.75 Å². The van der Waals surface area contributed by atoms with Crippen LogP contribution in [-0.2, 0) is 9.59 Å². The topological polar surface area (TPSA) is 142 Å². The van der Waals surface area contributed by atoms with Crippen LogP contribution in [0.3, 0.4) is 0 Å². The van der Waals surface area contributed by atoms with E-state index in [1.54, 1.807) is 23.6 Å². The van der Waals surface area contributed by atoms with Gasteiger partial charge in [0, 0.05) is 70.6 Å². The Morgan fingerprint density at radius 3 is 2.50 bits per heavy atom. The molecular weight excluding hydrogens is 606 g/mol. The average Bonchev–Trinajstić information content (AvgIpc) is 3.82. The Kier molecular flexibility index (Phi) is 9.00. The molecule has 3 N–H and O–H groups in total. The number of ether oxygens (including phenoxy) is 1. The van der Waals surface area contributed by atoms with E-state index in [0.29, 0.717) is 55.8 Å². The number of nitrogens with one attached hydrogen (secondary N) is 1. The van der Waals surface area contributed by atoms with E-state index in [2.05, 4.69) is 32.4 Å². The summed E-state index contributed by atoms with van der Waals surface area (Å²) in [4.78, 5) is 51.3. The zero-order valence-corrected chi connectivity index (χ0v) is 27.6. The third-order valence-corrected chi connectivity index (χ3v) is 9.93. The van der Waals surface area contributed by atoms with Crippen LogP contribution >= 0.6 is 11.3 Å². The van der Waals surface area contributed by atoms with E-state index < -0.39 is 0 Å². The van der Waals surface area contributed by atoms with Crippen LogP contribution in [0.1, 0.15) is 46.9 Å². The van der Waals surface area contributed by atoms with Gasteiger partial charge in [-0.3, -0.25) is 14.4 Å². The number of nitrogens with two attached hydrogens (primary N) is 1. The van der Waals surface area contributed by atoms with Crippen LogP contribution in [0.25, 0.3) is 16.7 Å². The van der Waals surface area contributed by atoms with Gasteiger partial charge in [0.2, 0.25) is 11.8 Å². The van der Waals surface area contributed by atoms with Gasteiger partial charge in [0.25, 0.3) is 5.91 Å². The summed E-state index contributed by atoms with van der Waals surface area (Å²) in [7, 11) is 3.96. The van der Waals surface area contributed by atoms with E-state index in [0.717, 1.165) is 58.9 Å². The van der Waals surface area contributed by atoms with Gasteiger partial charge in [-0.15, -0.1) is 11.3 Å². The highest BCUT2D eigenvalue weighted by Crippen LogP contribution is 2.37. The third kappa shape index (κ3) is 6.44. The summed E-state index contributed by atoms with van der Waals surface area (Å²) in [6, 6.07) is 3.89. The van der Waals surface area contributed by atoms with Crippen LogP contribution in [0.2, 0.25) is 0 Å². The first kappa shape index (κ1) is 31.5. The maximum absolute atomic E-state index is 13.8. The molecule has 13 nitrogen and oxygen atoms in total. The zero-order chi connectivity index (χ0) is 32.5. The minimum absolute atomic E-state index is 0.0261. The Balaban J connectivity index is 1.22. The van der Waals surface area contributed by atoms with Gasteiger partial charge in [0.05, 0.1) is 11.4 Å². The highest BCUT2D eigenvalue weighted by atomic mass is 32.1. The van der Waals surface area contributed by atoms with Crippen molar-refractivity contribution in [3.05, 3.63) is 46.1 Å². The van der Waals surface area contributed by atoms with Crippen molar-refractivity contribution < 1.29 is 19.1 Å². The Hall–Kier alpha value is -4.43. The number of fused-ring (bicyclic) bond motifs is 1. The number of likely N-dealkylation sites (N-methyl/N-ethyl adjacent to an activating group) is 1. The normalized spacial score (nSPS) is 18.4. The van der Waals surface area contributed by atoms with E-state index in [1.807, 2.05) is 35.7 Å². The van der Waals surface area contributed by atoms with E-state index in [4.69, 9.17) is 10.5 Å². The number of nitrogens with zero attached hydrogens (tertiary/aromatic N) is 7. The van der Waals surface area contributed by atoms with Crippen molar-refractivity contribution in [1.82, 2.24) is 34.6 Å². The Labute approximate surface area is 272 Å². The molecule has 46 heavy (non-hydrogen) atoms. The van der Waals surface area contributed by atoms with Crippen molar-refractivity contribution in [2.45, 2.75) is 32.7 Å². The van der Waals surface area contributed by atoms with Gasteiger partial charge < -0.3 is 35.4 Å². The predicted octanol–water partition coefficient (Wildman–Crippen LogP) is 2.20. The molecule has 0 aliphatic carbocycles. The number of nitrogen functional groups attached to an aromatic ring is 1. The van der Waals surface area contributed by atoms with Crippen molar-refractivity contribution in [3.63, 3.8) is 0 Å². The molecular formula is C32H41N9O4S. The van der Waals surface area contributed by atoms with Gasteiger partial charge in [-0.05, 0) is 50.2 Å². The SMILES string of the molecule is CC(=O)N1CC=C(c2cc(OCCN(C)C)c(C(=O)N[C@@H]3CCCN(c4cc(C5=CCN(C(C)=O)C5)n5ncnc(N)c45)C3)s2)C1. The average molecular weight is 648 g/mol. The molecule has 6 rings (SSSR count). The molecule has 0 spiro atoms. The molecule has 0 bridgehead atoms. The highest BCUT2D eigenvalue weighted by Gasteiger charge is 2.30. The first-order valence-corrected chi connectivity index (χ1v) is 16.4. The van der Waals surface area contributed by atoms with Gasteiger partial charge in [0.15, 0.2) is 5.82 Å². The lowest BCUT2D eigenvalue weighted by Crippen LogP contribution is -2.47. The number of hydrogen-bond donors (Lipinski definition) is 2. The van der Waals surface area contributed by atoms with Crippen LogP contribution < -0.4 is 20.7 Å². The fraction of sp³-hybridized carbons (Fsp3) is 0.469. The molecule has 3 aromatic rings. The number of piperidine rings is 1. The van der Waals surface area contributed by atoms with Gasteiger partial charge in [-0.25, -0.2) is 9.50 Å². The lowest BCUT2D eigenvalue weighted by atomic mass is 10.0. The van der Waals surface area contributed by atoms with Crippen LogP contribution in [0, 0.1) is 0 Å². The van der Waals surface area contributed by atoms with Gasteiger partial charge in [-0.1, -0.05) is 12.2 Å². The molecule has 1 saturated heterocycles. The predicted molar refractivity (Wildman–Crippen MR) is 179 cm³/mol. The maximum Gasteiger partial charge on any atom is 0.265 e. The Bertz CT molecular complexity index is 1730. The lowest BCUT2D eigenvalue weighted by Gasteiger charge is -2.34. The van der Waals surface area contributed by atoms with E-state index in [-0.39, 0.29) is 23.8 Å². The van der Waals surface area contributed by atoms with Crippen LogP contribution in [-0.4, -0.2) is 120 Å². The lowest BCUT2D eigenvalue weighted by molar-refractivity contribution is -0.128. The second kappa shape index (κ2) is 13.1. The molecule has 6 heterocycles. The first-order chi connectivity index (χ1) is 22.1. The summed E-state index contributed by atoms with van der Waals surface area (Å²) in [5.41, 5.74) is 10.9. The molecule has 14 heteroatoms. The Morgan fingerprint density at radius 1 is 1.09 bits per heavy atom. The number of hydrogen-bond acceptors (Lipinski definition) is 10. The number of rotatable bonds is 9. The van der Waals surface area contributed by atoms with Crippen LogP contribution in [0.5, 0.6) is 5.75 Å². The molecule has 3 amide bonds. The number of aromatic nitrogens is 3. The van der Waals surface area contributed by atoms with E-state index >= 15 is 0 Å². The largest absolute Gasteiger partial charge is 0.491 e. The second-order valence-electron chi connectivity index (χ2n) is 12.3. The molecule has 0 saturated carbocycles. The molecule has 0 radical (unpaired) electrons. The number of amides is 3. The van der Waals surface area contributed by atoms with Crippen molar-refractivity contribution in [1.29, 1.82) is 0 Å². The van der Waals surface area contributed by atoms with E-state index in [1.165, 1.54) is 17.7 Å². The third-order valence-electron chi connectivity index (χ3n) is 8.73. The molecule has 1 fully saturated rings. The summed E-state index contributed by atoms with van der Waals surface area (Å²) in [5, 5.41) is 7.80. The maximum atomic E-state index is 13.8. The molecule has 0 unspecified atom stereocenters. The first-order valence-electron chi connectivity index (χ1n) is 15.6. The van der Waals surface area contributed by atoms with E-state index in [9.17, 15) is 14.4 Å². The summed E-state index contributed by atoms with van der Waals surface area (Å²) in [5.74, 6) is 0.819. The zero-order valence-electron chi connectivity index (χ0n) is 26.8. The molecule has 3 aromatic heterocycles. The molecule has 0 aromatic carbocycles. The van der Waals surface area contributed by atoms with Crippen LogP contribution in [0.4, 0.5) is 11.5 Å². The summed E-state index contributed by atoms with van der Waals surface area (Å²) < 4.78 is 7.94. The van der Waals surface area contributed by atoms with Gasteiger partial charge in [0.1, 0.15) is 29.1 Å². The monoisotopic (exact) mass is 647 g/mol. The molecule has 3 aliphatic heterocycles. The number of anilines is 2. The number of thiophene rings is 1. The number of carbonyl (C=O) groups is 3. The fourth-order valence-corrected chi connectivity index (χ4v) is 7.21. The van der Waals surface area contributed by atoms with Gasteiger partial charge >= 0.3 is 0 Å². The molecule has 244 valence electrons. The molecule has 1 atom stereocenters. The van der Waals surface area contributed by atoms with Crippen molar-refractivity contribution in [2.24, 2.45) is 0 Å². The highest BCUT2D eigenvalue weighted by molar-refractivity contribution is 7.15. The summed E-state index contributed by atoms with van der Waals surface area (Å²) >= 11 is 1.41. The molecule has 3 aliphatic rings. The summed E-state index contributed by atoms with van der Waals surface area (Å²) in [6.45, 7) is 7.85. The second-order valence-corrected chi connectivity index (χ2v) is 13.3. The minimum Gasteiger partial charge on any atom is -0.491 e. The standard InChI is InChI=1S/C32H41N9O4S/c1-20(42)38-10-7-22(16-38)25-14-26(29-31(33)34-19-35-41(25)29)40-9-5-6-24(18-40)36-32(44)30-27(45-13-12-37(3)4)15-28(46-30)23-8-11-39(17-23)21(2)43/h7-8,14-15,19,24H,5-6,9-13,16-18H2,1-4H3,(H,36,44)(H2,33,34,35)/t24-/m1/s1.